The quantitative estimate of drug-likeness (QED) is 0.821. The standard InChI is InChI=1S/C21H20F2N2O/c22-19-10-9-15(12-20(19)23)7-8-16-4-3-11-25(14-16)21(26)18-6-2-1-5-17(18)13-24/h1-2,5-6,9-10,12,16H,3-4,7-8,11,14H2. The van der Waals surface area contributed by atoms with E-state index >= 15 is 0 Å². The van der Waals surface area contributed by atoms with E-state index in [1.807, 2.05) is 0 Å². The van der Waals surface area contributed by atoms with Crippen molar-refractivity contribution in [2.24, 2.45) is 5.92 Å². The molecule has 1 aliphatic heterocycles. The Bertz CT molecular complexity index is 844. The van der Waals surface area contributed by atoms with Crippen molar-refractivity contribution in [2.45, 2.75) is 25.7 Å². The minimum Gasteiger partial charge on any atom is -0.338 e. The van der Waals surface area contributed by atoms with Gasteiger partial charge in [0.25, 0.3) is 5.91 Å². The maximum absolute atomic E-state index is 13.3. The predicted octanol–water partition coefficient (Wildman–Crippen LogP) is 4.32. The van der Waals surface area contributed by atoms with E-state index in [9.17, 15) is 18.8 Å². The highest BCUT2D eigenvalue weighted by atomic mass is 19.2. The Morgan fingerprint density at radius 3 is 2.77 bits per heavy atom. The molecule has 1 amide bonds. The van der Waals surface area contributed by atoms with Gasteiger partial charge in [-0.05, 0) is 61.4 Å². The fourth-order valence-corrected chi connectivity index (χ4v) is 3.49. The van der Waals surface area contributed by atoms with Gasteiger partial charge in [-0.25, -0.2) is 8.78 Å². The van der Waals surface area contributed by atoms with Crippen molar-refractivity contribution in [3.05, 3.63) is 70.8 Å². The molecule has 0 radical (unpaired) electrons. The number of amides is 1. The van der Waals surface area contributed by atoms with Crippen LogP contribution in [0.3, 0.4) is 0 Å². The van der Waals surface area contributed by atoms with Gasteiger partial charge in [0.1, 0.15) is 0 Å². The largest absolute Gasteiger partial charge is 0.338 e. The Balaban J connectivity index is 1.63. The molecule has 0 aliphatic carbocycles. The highest BCUT2D eigenvalue weighted by molar-refractivity contribution is 5.96. The summed E-state index contributed by atoms with van der Waals surface area (Å²) in [4.78, 5) is 14.6. The summed E-state index contributed by atoms with van der Waals surface area (Å²) in [7, 11) is 0. The molecule has 1 saturated heterocycles. The number of likely N-dealkylation sites (tertiary alicyclic amines) is 1. The first-order valence-electron chi connectivity index (χ1n) is 8.81. The molecule has 5 heteroatoms. The van der Waals surface area contributed by atoms with Crippen LogP contribution in [0, 0.1) is 28.9 Å². The molecule has 3 rings (SSSR count). The predicted molar refractivity (Wildman–Crippen MR) is 94.5 cm³/mol. The molecule has 2 aromatic rings. The smallest absolute Gasteiger partial charge is 0.255 e. The molecule has 26 heavy (non-hydrogen) atoms. The molecule has 1 unspecified atom stereocenters. The third-order valence-corrected chi connectivity index (χ3v) is 4.91. The highest BCUT2D eigenvalue weighted by Gasteiger charge is 2.25. The van der Waals surface area contributed by atoms with E-state index in [1.165, 1.54) is 6.07 Å². The van der Waals surface area contributed by atoms with E-state index in [4.69, 9.17) is 0 Å². The number of benzene rings is 2. The van der Waals surface area contributed by atoms with Crippen LogP contribution in [0.15, 0.2) is 42.5 Å². The third kappa shape index (κ3) is 4.08. The Labute approximate surface area is 151 Å². The molecular formula is C21H20F2N2O. The highest BCUT2D eigenvalue weighted by Crippen LogP contribution is 2.24. The number of carbonyl (C=O) groups excluding carboxylic acids is 1. The van der Waals surface area contributed by atoms with E-state index in [2.05, 4.69) is 6.07 Å². The third-order valence-electron chi connectivity index (χ3n) is 4.91. The molecule has 1 aliphatic rings. The second-order valence-electron chi connectivity index (χ2n) is 6.70. The number of aryl methyl sites for hydroxylation is 1. The van der Waals surface area contributed by atoms with Crippen LogP contribution < -0.4 is 0 Å². The second-order valence-corrected chi connectivity index (χ2v) is 6.70. The zero-order valence-electron chi connectivity index (χ0n) is 14.4. The normalized spacial score (nSPS) is 17.0. The summed E-state index contributed by atoms with van der Waals surface area (Å²) in [5.41, 5.74) is 1.60. The van der Waals surface area contributed by atoms with Crippen LogP contribution in [0.1, 0.15) is 40.7 Å². The van der Waals surface area contributed by atoms with Crippen LogP contribution in [-0.4, -0.2) is 23.9 Å². The minimum absolute atomic E-state index is 0.111. The zero-order valence-corrected chi connectivity index (χ0v) is 14.4. The average Bonchev–Trinajstić information content (AvgIpc) is 2.68. The lowest BCUT2D eigenvalue weighted by Crippen LogP contribution is -2.40. The Morgan fingerprint density at radius 1 is 1.19 bits per heavy atom. The number of hydrogen-bond donors (Lipinski definition) is 0. The average molecular weight is 354 g/mol. The van der Waals surface area contributed by atoms with Gasteiger partial charge in [0.15, 0.2) is 11.6 Å². The lowest BCUT2D eigenvalue weighted by atomic mass is 9.91. The molecule has 1 heterocycles. The van der Waals surface area contributed by atoms with Gasteiger partial charge in [0.05, 0.1) is 17.2 Å². The zero-order chi connectivity index (χ0) is 18.5. The van der Waals surface area contributed by atoms with Crippen molar-refractivity contribution in [2.75, 3.05) is 13.1 Å². The molecule has 1 fully saturated rings. The topological polar surface area (TPSA) is 44.1 Å². The molecule has 0 saturated carbocycles. The Kier molecular flexibility index (Phi) is 5.62. The maximum atomic E-state index is 13.3. The molecule has 134 valence electrons. The van der Waals surface area contributed by atoms with Gasteiger partial charge in [-0.15, -0.1) is 0 Å². The van der Waals surface area contributed by atoms with Crippen LogP contribution in [-0.2, 0) is 6.42 Å². The Morgan fingerprint density at radius 2 is 2.00 bits per heavy atom. The van der Waals surface area contributed by atoms with Crippen LogP contribution in [0.4, 0.5) is 8.78 Å². The lowest BCUT2D eigenvalue weighted by molar-refractivity contribution is 0.0668. The first-order valence-corrected chi connectivity index (χ1v) is 8.81. The second kappa shape index (κ2) is 8.09. The van der Waals surface area contributed by atoms with E-state index < -0.39 is 11.6 Å². The van der Waals surface area contributed by atoms with Crippen molar-refractivity contribution < 1.29 is 13.6 Å². The van der Waals surface area contributed by atoms with Crippen molar-refractivity contribution in [3.63, 3.8) is 0 Å². The molecule has 2 aromatic carbocycles. The summed E-state index contributed by atoms with van der Waals surface area (Å²) in [5, 5.41) is 9.19. The number of halogens is 2. The number of rotatable bonds is 4. The number of carbonyl (C=O) groups is 1. The number of piperidine rings is 1. The molecule has 0 bridgehead atoms. The van der Waals surface area contributed by atoms with Gasteiger partial charge in [-0.3, -0.25) is 4.79 Å². The maximum Gasteiger partial charge on any atom is 0.255 e. The van der Waals surface area contributed by atoms with Crippen molar-refractivity contribution in [3.8, 4) is 6.07 Å². The molecule has 0 N–H and O–H groups in total. The molecule has 1 atom stereocenters. The summed E-state index contributed by atoms with van der Waals surface area (Å²) in [6, 6.07) is 12.9. The number of hydrogen-bond acceptors (Lipinski definition) is 2. The number of nitrogens with zero attached hydrogens (tertiary/aromatic N) is 2. The molecule has 0 aromatic heterocycles. The number of nitriles is 1. The summed E-state index contributed by atoms with van der Waals surface area (Å²) in [6.45, 7) is 1.31. The van der Waals surface area contributed by atoms with Gasteiger partial charge in [0.2, 0.25) is 0 Å². The van der Waals surface area contributed by atoms with Crippen molar-refractivity contribution in [1.82, 2.24) is 4.90 Å². The first kappa shape index (κ1) is 18.1. The van der Waals surface area contributed by atoms with E-state index in [1.54, 1.807) is 35.2 Å². The molecule has 3 nitrogen and oxygen atoms in total. The minimum atomic E-state index is -0.834. The van der Waals surface area contributed by atoms with Gasteiger partial charge < -0.3 is 4.90 Å². The molecule has 0 spiro atoms. The van der Waals surface area contributed by atoms with E-state index in [0.29, 0.717) is 36.6 Å². The van der Waals surface area contributed by atoms with Gasteiger partial charge >= 0.3 is 0 Å². The lowest BCUT2D eigenvalue weighted by Gasteiger charge is -2.33. The summed E-state index contributed by atoms with van der Waals surface area (Å²) in [5.74, 6) is -1.45. The summed E-state index contributed by atoms with van der Waals surface area (Å²) >= 11 is 0. The molecular weight excluding hydrogens is 334 g/mol. The van der Waals surface area contributed by atoms with Gasteiger partial charge in [-0.2, -0.15) is 5.26 Å². The van der Waals surface area contributed by atoms with Crippen LogP contribution in [0.2, 0.25) is 0 Å². The van der Waals surface area contributed by atoms with Gasteiger partial charge in [-0.1, -0.05) is 18.2 Å². The van der Waals surface area contributed by atoms with Crippen LogP contribution in [0.5, 0.6) is 0 Å². The Hall–Kier alpha value is -2.74. The summed E-state index contributed by atoms with van der Waals surface area (Å²) in [6.07, 6.45) is 3.38. The van der Waals surface area contributed by atoms with Crippen LogP contribution in [0.25, 0.3) is 0 Å². The SMILES string of the molecule is N#Cc1ccccc1C(=O)N1CCCC(CCc2ccc(F)c(F)c2)C1. The summed E-state index contributed by atoms with van der Waals surface area (Å²) < 4.78 is 26.3. The monoisotopic (exact) mass is 354 g/mol. The van der Waals surface area contributed by atoms with Crippen LogP contribution >= 0.6 is 0 Å². The fraction of sp³-hybridized carbons (Fsp3) is 0.333. The van der Waals surface area contributed by atoms with E-state index in [-0.39, 0.29) is 5.91 Å². The van der Waals surface area contributed by atoms with Gasteiger partial charge in [0, 0.05) is 13.1 Å². The first-order chi connectivity index (χ1) is 12.6. The fourth-order valence-electron chi connectivity index (χ4n) is 3.49. The van der Waals surface area contributed by atoms with Crippen molar-refractivity contribution in [1.29, 1.82) is 5.26 Å². The van der Waals surface area contributed by atoms with E-state index in [0.717, 1.165) is 30.9 Å². The van der Waals surface area contributed by atoms with Crippen molar-refractivity contribution >= 4 is 5.91 Å².